The summed E-state index contributed by atoms with van der Waals surface area (Å²) in [6.45, 7) is 4.41. The van der Waals surface area contributed by atoms with Crippen LogP contribution < -0.4 is 16.0 Å². The normalized spacial score (nSPS) is 20.5. The van der Waals surface area contributed by atoms with E-state index in [0.29, 0.717) is 42.6 Å². The second-order valence-corrected chi connectivity index (χ2v) is 8.45. The molecule has 7 nitrogen and oxygen atoms in total. The average molecular weight is 398 g/mol. The predicted molar refractivity (Wildman–Crippen MR) is 108 cm³/mol. The molecule has 156 valence electrons. The Bertz CT molecular complexity index is 929. The summed E-state index contributed by atoms with van der Waals surface area (Å²) in [6.07, 6.45) is 4.97. The van der Waals surface area contributed by atoms with Crippen LogP contribution in [0.4, 0.5) is 0 Å². The van der Waals surface area contributed by atoms with Crippen molar-refractivity contribution in [2.75, 3.05) is 0 Å². The topological polar surface area (TPSA) is 104 Å². The summed E-state index contributed by atoms with van der Waals surface area (Å²) in [5.74, 6) is -1.17. The molecule has 1 aromatic heterocycles. The summed E-state index contributed by atoms with van der Waals surface area (Å²) in [5.41, 5.74) is 0.652. The van der Waals surface area contributed by atoms with Gasteiger partial charge in [0.1, 0.15) is 0 Å². The number of nitrogens with one attached hydrogen (secondary N) is 1. The maximum absolute atomic E-state index is 12.6. The largest absolute Gasteiger partial charge is 0.548 e. The number of rotatable bonds is 7. The highest BCUT2D eigenvalue weighted by atomic mass is 16.4. The number of carboxylic acids is 1. The Morgan fingerprint density at radius 1 is 1.21 bits per heavy atom. The van der Waals surface area contributed by atoms with Crippen LogP contribution in [0.2, 0.25) is 0 Å². The lowest BCUT2D eigenvalue weighted by Crippen LogP contribution is -2.50. The first-order chi connectivity index (χ1) is 13.8. The highest BCUT2D eigenvalue weighted by Crippen LogP contribution is 2.30. The second-order valence-electron chi connectivity index (χ2n) is 8.45. The molecule has 2 aromatic rings. The van der Waals surface area contributed by atoms with Gasteiger partial charge < -0.3 is 15.2 Å². The van der Waals surface area contributed by atoms with Crippen LogP contribution in [0.5, 0.6) is 0 Å². The zero-order valence-corrected chi connectivity index (χ0v) is 17.0. The van der Waals surface area contributed by atoms with Gasteiger partial charge in [-0.15, -0.1) is 0 Å². The van der Waals surface area contributed by atoms with Crippen molar-refractivity contribution in [3.8, 4) is 0 Å². The van der Waals surface area contributed by atoms with Gasteiger partial charge in [-0.3, -0.25) is 14.2 Å². The molecular weight excluding hydrogens is 370 g/mol. The Kier molecular flexibility index (Phi) is 6.67. The standard InChI is InChI=1S/C22H29N3O4/c1-14(2)11-19(22(28)29)24-20(26)16-9-7-15(8-10-16)12-25-13-23-18-6-4-3-5-17(18)21(25)27/h3-6,13-16,19H,7-12H2,1-2H3,(H,24,26)(H,28,29)/p-1/t15?,16?,19-/m0/s1. The SMILES string of the molecule is CC(C)C[C@H](NC(=O)C1CCC(Cn2cnc3ccccc3c2=O)CC1)C(=O)[O-]. The van der Waals surface area contributed by atoms with E-state index in [9.17, 15) is 19.5 Å². The predicted octanol–water partition coefficient (Wildman–Crippen LogP) is 1.48. The molecule has 1 heterocycles. The third-order valence-corrected chi connectivity index (χ3v) is 5.71. The summed E-state index contributed by atoms with van der Waals surface area (Å²) < 4.78 is 1.65. The van der Waals surface area contributed by atoms with Gasteiger partial charge in [0, 0.05) is 12.5 Å². The van der Waals surface area contributed by atoms with Crippen molar-refractivity contribution < 1.29 is 14.7 Å². The zero-order valence-electron chi connectivity index (χ0n) is 17.0. The molecule has 1 fully saturated rings. The monoisotopic (exact) mass is 398 g/mol. The van der Waals surface area contributed by atoms with E-state index in [1.165, 1.54) is 0 Å². The molecular formula is C22H28N3O4-. The van der Waals surface area contributed by atoms with Crippen LogP contribution in [0.3, 0.4) is 0 Å². The van der Waals surface area contributed by atoms with Gasteiger partial charge >= 0.3 is 0 Å². The fourth-order valence-corrected chi connectivity index (χ4v) is 4.10. The van der Waals surface area contributed by atoms with E-state index in [0.717, 1.165) is 12.8 Å². The van der Waals surface area contributed by atoms with Gasteiger partial charge in [-0.1, -0.05) is 26.0 Å². The number of fused-ring (bicyclic) bond motifs is 1. The molecule has 0 spiro atoms. The fourth-order valence-electron chi connectivity index (χ4n) is 4.10. The quantitative estimate of drug-likeness (QED) is 0.761. The van der Waals surface area contributed by atoms with E-state index in [1.807, 2.05) is 32.0 Å². The maximum Gasteiger partial charge on any atom is 0.261 e. The minimum atomic E-state index is -1.23. The van der Waals surface area contributed by atoms with E-state index in [1.54, 1.807) is 17.0 Å². The lowest BCUT2D eigenvalue weighted by Gasteiger charge is -2.30. The number of hydrogen-bond donors (Lipinski definition) is 1. The first-order valence-electron chi connectivity index (χ1n) is 10.3. The van der Waals surface area contributed by atoms with Crippen molar-refractivity contribution in [2.24, 2.45) is 17.8 Å². The summed E-state index contributed by atoms with van der Waals surface area (Å²) in [4.78, 5) is 40.8. The van der Waals surface area contributed by atoms with Gasteiger partial charge in [0.25, 0.3) is 5.56 Å². The molecule has 0 bridgehead atoms. The van der Waals surface area contributed by atoms with Gasteiger partial charge in [-0.25, -0.2) is 4.98 Å². The number of aliphatic carboxylic acids is 1. The smallest absolute Gasteiger partial charge is 0.261 e. The van der Waals surface area contributed by atoms with E-state index >= 15 is 0 Å². The molecule has 0 aliphatic heterocycles. The first kappa shape index (κ1) is 21.0. The third kappa shape index (κ3) is 5.22. The highest BCUT2D eigenvalue weighted by Gasteiger charge is 2.28. The Hall–Kier alpha value is -2.70. The minimum absolute atomic E-state index is 0.0408. The lowest BCUT2D eigenvalue weighted by molar-refractivity contribution is -0.308. The number of hydrogen-bond acceptors (Lipinski definition) is 5. The molecule has 1 saturated carbocycles. The number of carbonyl (C=O) groups excluding carboxylic acids is 2. The molecule has 1 aliphatic carbocycles. The highest BCUT2D eigenvalue weighted by molar-refractivity contribution is 5.84. The first-order valence-corrected chi connectivity index (χ1v) is 10.3. The number of benzene rings is 1. The molecule has 0 radical (unpaired) electrons. The Morgan fingerprint density at radius 3 is 2.55 bits per heavy atom. The Morgan fingerprint density at radius 2 is 1.90 bits per heavy atom. The minimum Gasteiger partial charge on any atom is -0.548 e. The van der Waals surface area contributed by atoms with Crippen LogP contribution >= 0.6 is 0 Å². The molecule has 7 heteroatoms. The molecule has 1 N–H and O–H groups in total. The van der Waals surface area contributed by atoms with Crippen LogP contribution in [0.15, 0.2) is 35.4 Å². The summed E-state index contributed by atoms with van der Waals surface area (Å²) in [5, 5.41) is 14.5. The molecule has 1 atom stereocenters. The Balaban J connectivity index is 1.56. The molecule has 1 aromatic carbocycles. The van der Waals surface area contributed by atoms with Gasteiger partial charge in [0.2, 0.25) is 5.91 Å². The number of nitrogens with zero attached hydrogens (tertiary/aromatic N) is 2. The molecule has 29 heavy (non-hydrogen) atoms. The summed E-state index contributed by atoms with van der Waals surface area (Å²) in [7, 11) is 0. The van der Waals surface area contributed by atoms with Crippen LogP contribution in [-0.2, 0) is 16.1 Å². The maximum atomic E-state index is 12.6. The fraction of sp³-hybridized carbons (Fsp3) is 0.545. The number of amides is 1. The van der Waals surface area contributed by atoms with Crippen molar-refractivity contribution in [2.45, 2.75) is 58.5 Å². The van der Waals surface area contributed by atoms with E-state index < -0.39 is 12.0 Å². The lowest BCUT2D eigenvalue weighted by atomic mass is 9.81. The van der Waals surface area contributed by atoms with Crippen molar-refractivity contribution >= 4 is 22.8 Å². The van der Waals surface area contributed by atoms with Crippen LogP contribution in [-0.4, -0.2) is 27.5 Å². The Labute approximate surface area is 170 Å². The third-order valence-electron chi connectivity index (χ3n) is 5.71. The molecule has 1 aliphatic rings. The van der Waals surface area contributed by atoms with Gasteiger partial charge in [0.15, 0.2) is 0 Å². The molecule has 1 amide bonds. The van der Waals surface area contributed by atoms with E-state index in [2.05, 4.69) is 10.3 Å². The van der Waals surface area contributed by atoms with Crippen molar-refractivity contribution in [1.29, 1.82) is 0 Å². The number of carboxylic acid groups (broad SMARTS) is 1. The zero-order chi connectivity index (χ0) is 21.0. The van der Waals surface area contributed by atoms with Gasteiger partial charge in [-0.2, -0.15) is 0 Å². The number of para-hydroxylation sites is 1. The number of carbonyl (C=O) groups is 2. The van der Waals surface area contributed by atoms with Crippen molar-refractivity contribution in [3.05, 3.63) is 40.9 Å². The van der Waals surface area contributed by atoms with Crippen molar-refractivity contribution in [1.82, 2.24) is 14.9 Å². The van der Waals surface area contributed by atoms with Gasteiger partial charge in [0.05, 0.1) is 29.2 Å². The molecule has 0 saturated heterocycles. The molecule has 0 unspecified atom stereocenters. The van der Waals surface area contributed by atoms with Crippen LogP contribution in [0.1, 0.15) is 46.0 Å². The molecule has 3 rings (SSSR count). The van der Waals surface area contributed by atoms with Crippen molar-refractivity contribution in [3.63, 3.8) is 0 Å². The van der Waals surface area contributed by atoms with E-state index in [-0.39, 0.29) is 23.3 Å². The van der Waals surface area contributed by atoms with Crippen LogP contribution in [0.25, 0.3) is 10.9 Å². The van der Waals surface area contributed by atoms with Crippen LogP contribution in [0, 0.1) is 17.8 Å². The second kappa shape index (κ2) is 9.20. The van der Waals surface area contributed by atoms with Gasteiger partial charge in [-0.05, 0) is 56.1 Å². The van der Waals surface area contributed by atoms with E-state index in [4.69, 9.17) is 0 Å². The summed E-state index contributed by atoms with van der Waals surface area (Å²) in [6, 6.07) is 6.36. The summed E-state index contributed by atoms with van der Waals surface area (Å²) >= 11 is 0. The average Bonchev–Trinajstić information content (AvgIpc) is 2.70. The number of aromatic nitrogens is 2.